The lowest BCUT2D eigenvalue weighted by Gasteiger charge is -2.08. The lowest BCUT2D eigenvalue weighted by Crippen LogP contribution is -2.14. The minimum absolute atomic E-state index is 0.0283. The van der Waals surface area contributed by atoms with Crippen molar-refractivity contribution in [3.8, 4) is 11.5 Å². The zero-order valence-corrected chi connectivity index (χ0v) is 16.0. The van der Waals surface area contributed by atoms with Crippen LogP contribution in [0, 0.1) is 0 Å². The molecule has 4 rings (SSSR count). The van der Waals surface area contributed by atoms with E-state index < -0.39 is 11.7 Å². The predicted octanol–water partition coefficient (Wildman–Crippen LogP) is 3.94. The fourth-order valence-corrected chi connectivity index (χ4v) is 3.24. The van der Waals surface area contributed by atoms with Crippen LogP contribution in [-0.2, 0) is 11.0 Å². The van der Waals surface area contributed by atoms with Crippen LogP contribution in [0.2, 0.25) is 0 Å². The van der Waals surface area contributed by atoms with Crippen molar-refractivity contribution in [1.29, 1.82) is 0 Å². The Labute approximate surface area is 172 Å². The molecule has 11 heteroatoms. The highest BCUT2D eigenvalue weighted by molar-refractivity contribution is 7.99. The van der Waals surface area contributed by atoms with E-state index in [0.717, 1.165) is 12.1 Å². The zero-order valence-electron chi connectivity index (χ0n) is 15.2. The van der Waals surface area contributed by atoms with Crippen LogP contribution in [-0.4, -0.2) is 36.5 Å². The van der Waals surface area contributed by atoms with E-state index in [1.807, 2.05) is 6.07 Å². The molecule has 0 fully saturated rings. The number of amides is 1. The summed E-state index contributed by atoms with van der Waals surface area (Å²) in [5.74, 6) is 0.137. The van der Waals surface area contributed by atoms with Gasteiger partial charge in [-0.2, -0.15) is 22.8 Å². The summed E-state index contributed by atoms with van der Waals surface area (Å²) in [6.45, 7) is 0. The molecule has 1 N–H and O–H groups in total. The van der Waals surface area contributed by atoms with Crippen molar-refractivity contribution in [2.24, 2.45) is 0 Å². The lowest BCUT2D eigenvalue weighted by atomic mass is 10.2. The van der Waals surface area contributed by atoms with E-state index in [-0.39, 0.29) is 17.3 Å². The van der Waals surface area contributed by atoms with Crippen LogP contribution >= 0.6 is 11.8 Å². The van der Waals surface area contributed by atoms with Crippen molar-refractivity contribution in [3.05, 3.63) is 66.4 Å². The molecule has 0 bridgehead atoms. The third-order valence-electron chi connectivity index (χ3n) is 3.98. The minimum atomic E-state index is -4.42. The number of hydrogen-bond donors (Lipinski definition) is 1. The van der Waals surface area contributed by atoms with E-state index in [2.05, 4.69) is 25.6 Å². The van der Waals surface area contributed by atoms with Crippen molar-refractivity contribution in [1.82, 2.24) is 24.8 Å². The number of benzene rings is 1. The Balaban J connectivity index is 1.43. The molecule has 4 aromatic rings. The molecule has 3 heterocycles. The predicted molar refractivity (Wildman–Crippen MR) is 105 cm³/mol. The summed E-state index contributed by atoms with van der Waals surface area (Å²) in [5, 5.41) is 15.7. The number of nitrogens with one attached hydrogen (secondary N) is 1. The van der Waals surface area contributed by atoms with Gasteiger partial charge in [0, 0.05) is 11.9 Å². The van der Waals surface area contributed by atoms with Crippen LogP contribution < -0.4 is 5.32 Å². The quantitative estimate of drug-likeness (QED) is 0.483. The second kappa shape index (κ2) is 8.11. The van der Waals surface area contributed by atoms with Crippen LogP contribution in [0.1, 0.15) is 5.56 Å². The second-order valence-electron chi connectivity index (χ2n) is 6.09. The summed E-state index contributed by atoms with van der Waals surface area (Å²) in [7, 11) is 0. The number of aromatic nitrogens is 5. The van der Waals surface area contributed by atoms with E-state index in [1.165, 1.54) is 23.9 Å². The number of hydrogen-bond acceptors (Lipinski definition) is 6. The summed E-state index contributed by atoms with van der Waals surface area (Å²) in [6.07, 6.45) is -2.78. The standard InChI is InChI=1S/C19H13F3N6OS/c20-19(21,22)12-4-6-13(7-5-12)24-16(29)11-30-17-9-8-15-25-26-18(28(15)27-17)14-3-1-2-10-23-14/h1-10H,11H2,(H,24,29). The molecule has 30 heavy (non-hydrogen) atoms. The molecule has 0 unspecified atom stereocenters. The Kier molecular flexibility index (Phi) is 5.36. The molecule has 1 aromatic carbocycles. The zero-order chi connectivity index (χ0) is 21.1. The molecular formula is C19H13F3N6OS. The number of carbonyl (C=O) groups is 1. The molecule has 7 nitrogen and oxygen atoms in total. The van der Waals surface area contributed by atoms with Gasteiger partial charge in [0.1, 0.15) is 10.7 Å². The number of alkyl halides is 3. The number of nitrogens with zero attached hydrogens (tertiary/aromatic N) is 5. The molecule has 0 saturated carbocycles. The largest absolute Gasteiger partial charge is 0.416 e. The number of pyridine rings is 1. The molecule has 0 atom stereocenters. The molecule has 0 aliphatic rings. The summed E-state index contributed by atoms with van der Waals surface area (Å²) >= 11 is 1.18. The van der Waals surface area contributed by atoms with E-state index in [4.69, 9.17) is 0 Å². The van der Waals surface area contributed by atoms with E-state index >= 15 is 0 Å². The van der Waals surface area contributed by atoms with Gasteiger partial charge in [-0.1, -0.05) is 17.8 Å². The van der Waals surface area contributed by atoms with Crippen molar-refractivity contribution >= 4 is 29.0 Å². The maximum absolute atomic E-state index is 12.6. The molecular weight excluding hydrogens is 417 g/mol. The summed E-state index contributed by atoms with van der Waals surface area (Å²) in [6, 6.07) is 13.1. The number of thioether (sulfide) groups is 1. The maximum Gasteiger partial charge on any atom is 0.416 e. The van der Waals surface area contributed by atoms with Gasteiger partial charge in [-0.15, -0.1) is 10.2 Å². The number of rotatable bonds is 5. The van der Waals surface area contributed by atoms with Gasteiger partial charge in [-0.3, -0.25) is 9.78 Å². The van der Waals surface area contributed by atoms with E-state index in [1.54, 1.807) is 35.0 Å². The fraction of sp³-hybridized carbons (Fsp3) is 0.105. The SMILES string of the molecule is O=C(CSc1ccc2nnc(-c3ccccn3)n2n1)Nc1ccc(C(F)(F)F)cc1. The van der Waals surface area contributed by atoms with Crippen molar-refractivity contribution in [2.75, 3.05) is 11.1 Å². The van der Waals surface area contributed by atoms with Gasteiger partial charge in [0.2, 0.25) is 11.7 Å². The van der Waals surface area contributed by atoms with Crippen molar-refractivity contribution < 1.29 is 18.0 Å². The van der Waals surface area contributed by atoms with Gasteiger partial charge < -0.3 is 5.32 Å². The van der Waals surface area contributed by atoms with Crippen molar-refractivity contribution in [3.63, 3.8) is 0 Å². The Morgan fingerprint density at radius 3 is 2.53 bits per heavy atom. The van der Waals surface area contributed by atoms with Crippen LogP contribution in [0.5, 0.6) is 0 Å². The third-order valence-corrected chi connectivity index (χ3v) is 4.90. The minimum Gasteiger partial charge on any atom is -0.325 e. The Morgan fingerprint density at radius 2 is 1.83 bits per heavy atom. The summed E-state index contributed by atoms with van der Waals surface area (Å²) in [5.41, 5.74) is 0.659. The summed E-state index contributed by atoms with van der Waals surface area (Å²) < 4.78 is 39.3. The van der Waals surface area contributed by atoms with Crippen molar-refractivity contribution in [2.45, 2.75) is 11.2 Å². The topological polar surface area (TPSA) is 85.1 Å². The first-order valence-electron chi connectivity index (χ1n) is 8.64. The molecule has 1 amide bonds. The molecule has 0 radical (unpaired) electrons. The van der Waals surface area contributed by atoms with E-state index in [9.17, 15) is 18.0 Å². The lowest BCUT2D eigenvalue weighted by molar-refractivity contribution is -0.137. The maximum atomic E-state index is 12.6. The molecule has 0 aliphatic carbocycles. The monoisotopic (exact) mass is 430 g/mol. The van der Waals surface area contributed by atoms with Crippen LogP contribution in [0.3, 0.4) is 0 Å². The average Bonchev–Trinajstić information content (AvgIpc) is 3.16. The van der Waals surface area contributed by atoms with Gasteiger partial charge in [0.15, 0.2) is 5.65 Å². The van der Waals surface area contributed by atoms with Crippen LogP contribution in [0.25, 0.3) is 17.2 Å². The highest BCUT2D eigenvalue weighted by Gasteiger charge is 2.30. The molecule has 0 saturated heterocycles. The first-order valence-corrected chi connectivity index (χ1v) is 9.62. The number of carbonyl (C=O) groups excluding carboxylic acids is 1. The normalized spacial score (nSPS) is 11.6. The first kappa shape index (κ1) is 19.8. The molecule has 152 valence electrons. The third kappa shape index (κ3) is 4.40. The first-order chi connectivity index (χ1) is 14.4. The highest BCUT2D eigenvalue weighted by atomic mass is 32.2. The van der Waals surface area contributed by atoms with Gasteiger partial charge in [-0.25, -0.2) is 0 Å². The Morgan fingerprint density at radius 1 is 1.03 bits per heavy atom. The number of anilines is 1. The number of halogens is 3. The van der Waals surface area contributed by atoms with Gasteiger partial charge >= 0.3 is 6.18 Å². The van der Waals surface area contributed by atoms with Gasteiger partial charge in [0.25, 0.3) is 0 Å². The molecule has 0 aliphatic heterocycles. The van der Waals surface area contributed by atoms with Crippen LogP contribution in [0.4, 0.5) is 18.9 Å². The number of fused-ring (bicyclic) bond motifs is 1. The molecule has 3 aromatic heterocycles. The summed E-state index contributed by atoms with van der Waals surface area (Å²) in [4.78, 5) is 16.4. The van der Waals surface area contributed by atoms with Crippen LogP contribution in [0.15, 0.2) is 65.8 Å². The molecule has 0 spiro atoms. The van der Waals surface area contributed by atoms with Gasteiger partial charge in [0.05, 0.1) is 11.3 Å². The fourth-order valence-electron chi connectivity index (χ4n) is 2.58. The second-order valence-corrected chi connectivity index (χ2v) is 7.09. The van der Waals surface area contributed by atoms with E-state index in [0.29, 0.717) is 22.2 Å². The van der Waals surface area contributed by atoms with Gasteiger partial charge in [-0.05, 0) is 48.5 Å². The highest BCUT2D eigenvalue weighted by Crippen LogP contribution is 2.30. The Hall–Kier alpha value is -3.47. The Bertz CT molecular complexity index is 1180. The average molecular weight is 430 g/mol. The smallest absolute Gasteiger partial charge is 0.325 e.